The Hall–Kier alpha value is -3.48. The van der Waals surface area contributed by atoms with Crippen LogP contribution in [0.5, 0.6) is 11.5 Å². The molecule has 7 nitrogen and oxygen atoms in total. The lowest BCUT2D eigenvalue weighted by atomic mass is 9.86. The fourth-order valence-electron chi connectivity index (χ4n) is 4.32. The van der Waals surface area contributed by atoms with Gasteiger partial charge in [-0.2, -0.15) is 0 Å². The zero-order valence-electron chi connectivity index (χ0n) is 17.7. The summed E-state index contributed by atoms with van der Waals surface area (Å²) in [5.74, 6) is -1.79. The first-order chi connectivity index (χ1) is 14.7. The molecule has 1 aromatic heterocycles. The van der Waals surface area contributed by atoms with Crippen LogP contribution in [0.25, 0.3) is 10.9 Å². The number of phenols is 2. The fraction of sp³-hybridized carbons (Fsp3) is 0.238. The zero-order chi connectivity index (χ0) is 22.1. The van der Waals surface area contributed by atoms with E-state index in [0.29, 0.717) is 16.2 Å². The number of H-pyrrole nitrogens is 1. The summed E-state index contributed by atoms with van der Waals surface area (Å²) < 4.78 is 23.0. The summed E-state index contributed by atoms with van der Waals surface area (Å²) in [6.07, 6.45) is 0.178. The molecular formula is C21H19N3O4. The van der Waals surface area contributed by atoms with Crippen LogP contribution in [0.4, 0.5) is 0 Å². The number of aromatic amines is 1. The topological polar surface area (TPSA) is 96.9 Å². The Balaban J connectivity index is 1.73. The summed E-state index contributed by atoms with van der Waals surface area (Å²) in [4.78, 5) is 31.7. The molecule has 0 spiro atoms. The summed E-state index contributed by atoms with van der Waals surface area (Å²) in [7, 11) is 0. The maximum absolute atomic E-state index is 13.2. The molecule has 2 aliphatic heterocycles. The van der Waals surface area contributed by atoms with Crippen molar-refractivity contribution in [1.29, 1.82) is 0 Å². The van der Waals surface area contributed by atoms with Gasteiger partial charge < -0.3 is 25.0 Å². The van der Waals surface area contributed by atoms with Gasteiger partial charge in [0.25, 0.3) is 0 Å². The van der Waals surface area contributed by atoms with E-state index in [-0.39, 0.29) is 17.9 Å². The molecule has 1 fully saturated rings. The average Bonchev–Trinajstić information content (AvgIpc) is 3.09. The molecule has 0 aliphatic carbocycles. The van der Waals surface area contributed by atoms with E-state index in [1.54, 1.807) is 6.07 Å². The van der Waals surface area contributed by atoms with Crippen molar-refractivity contribution < 1.29 is 23.9 Å². The van der Waals surface area contributed by atoms with E-state index in [4.69, 9.17) is 4.11 Å². The predicted octanol–water partition coefficient (Wildman–Crippen LogP) is 1.89. The molecule has 7 heteroatoms. The number of nitrogens with one attached hydrogen (secondary N) is 1. The summed E-state index contributed by atoms with van der Waals surface area (Å²) in [5.41, 5.74) is 2.85. The minimum Gasteiger partial charge on any atom is -0.504 e. The Morgan fingerprint density at radius 2 is 1.96 bits per heavy atom. The highest BCUT2D eigenvalue weighted by Gasteiger charge is 2.47. The molecule has 142 valence electrons. The van der Waals surface area contributed by atoms with Gasteiger partial charge in [-0.15, -0.1) is 0 Å². The number of para-hydroxylation sites is 1. The van der Waals surface area contributed by atoms with Gasteiger partial charge >= 0.3 is 0 Å². The number of carbonyl (C=O) groups excluding carboxylic acids is 2. The second kappa shape index (κ2) is 5.76. The summed E-state index contributed by atoms with van der Waals surface area (Å²) in [6.45, 7) is -3.27. The number of likely N-dealkylation sites (N-methyl/N-ethyl adjacent to an activating group) is 1. The van der Waals surface area contributed by atoms with Gasteiger partial charge in [-0.05, 0) is 29.3 Å². The van der Waals surface area contributed by atoms with Gasteiger partial charge in [0.1, 0.15) is 6.04 Å². The second-order valence-electron chi connectivity index (χ2n) is 7.16. The van der Waals surface area contributed by atoms with E-state index in [1.807, 2.05) is 24.3 Å². The summed E-state index contributed by atoms with van der Waals surface area (Å²) >= 11 is 0. The van der Waals surface area contributed by atoms with Gasteiger partial charge in [-0.1, -0.05) is 24.3 Å². The third-order valence-electron chi connectivity index (χ3n) is 5.58. The van der Waals surface area contributed by atoms with Crippen molar-refractivity contribution in [2.45, 2.75) is 18.5 Å². The largest absolute Gasteiger partial charge is 0.504 e. The van der Waals surface area contributed by atoms with E-state index in [2.05, 4.69) is 4.98 Å². The third kappa shape index (κ3) is 2.22. The lowest BCUT2D eigenvalue weighted by Crippen LogP contribution is -2.62. The summed E-state index contributed by atoms with van der Waals surface area (Å²) in [6, 6.07) is 10.0. The van der Waals surface area contributed by atoms with Gasteiger partial charge in [0, 0.05) is 34.1 Å². The first-order valence-corrected chi connectivity index (χ1v) is 8.91. The number of benzene rings is 2. The van der Waals surface area contributed by atoms with Crippen LogP contribution in [0, 0.1) is 0 Å². The fourth-order valence-corrected chi connectivity index (χ4v) is 4.32. The number of aromatic nitrogens is 1. The Labute approximate surface area is 165 Å². The molecule has 1 saturated heterocycles. The molecule has 2 aromatic carbocycles. The van der Waals surface area contributed by atoms with Crippen molar-refractivity contribution in [3.8, 4) is 11.5 Å². The number of nitrogens with zero attached hydrogens (tertiary/aromatic N) is 2. The first kappa shape index (κ1) is 13.7. The van der Waals surface area contributed by atoms with Crippen molar-refractivity contribution in [3.63, 3.8) is 0 Å². The van der Waals surface area contributed by atoms with Gasteiger partial charge in [0.15, 0.2) is 11.5 Å². The number of amides is 2. The standard InChI is InChI=1S/C21H19N3O4/c1-23-10-18(27)24-15(21(23)28)9-13-12-4-2-3-5-14(12)22-19(13)20(24)11-6-7-16(25)17(26)8-11/h2-8,15,20,22,25-26H,9-10H2,1H3/t15-,20+/m0/s1/i1D3. The van der Waals surface area contributed by atoms with Crippen molar-refractivity contribution in [2.75, 3.05) is 13.5 Å². The molecule has 2 aliphatic rings. The number of fused-ring (bicyclic) bond motifs is 4. The Kier molecular flexibility index (Phi) is 2.81. The quantitative estimate of drug-likeness (QED) is 0.562. The van der Waals surface area contributed by atoms with Crippen LogP contribution in [0.1, 0.15) is 27.0 Å². The smallest absolute Gasteiger partial charge is 0.245 e. The highest BCUT2D eigenvalue weighted by molar-refractivity contribution is 5.97. The van der Waals surface area contributed by atoms with Gasteiger partial charge in [0.2, 0.25) is 11.8 Å². The maximum Gasteiger partial charge on any atom is 0.245 e. The first-order valence-electron chi connectivity index (χ1n) is 10.4. The number of hydrogen-bond acceptors (Lipinski definition) is 4. The van der Waals surface area contributed by atoms with Gasteiger partial charge in [0.05, 0.1) is 12.6 Å². The molecule has 3 N–H and O–H groups in total. The van der Waals surface area contributed by atoms with Crippen molar-refractivity contribution >= 4 is 22.7 Å². The van der Waals surface area contributed by atoms with Crippen LogP contribution in [-0.4, -0.2) is 56.4 Å². The lowest BCUT2D eigenvalue weighted by Gasteiger charge is -2.46. The number of piperazine rings is 1. The van der Waals surface area contributed by atoms with Crippen LogP contribution in [0.3, 0.4) is 0 Å². The normalized spacial score (nSPS) is 23.8. The van der Waals surface area contributed by atoms with E-state index in [1.165, 1.54) is 17.0 Å². The van der Waals surface area contributed by atoms with Crippen LogP contribution in [0.2, 0.25) is 0 Å². The lowest BCUT2D eigenvalue weighted by molar-refractivity contribution is -0.157. The Morgan fingerprint density at radius 3 is 2.75 bits per heavy atom. The minimum atomic E-state index is -2.72. The highest BCUT2D eigenvalue weighted by atomic mass is 16.3. The minimum absolute atomic E-state index is 0.178. The van der Waals surface area contributed by atoms with Crippen molar-refractivity contribution in [1.82, 2.24) is 14.8 Å². The van der Waals surface area contributed by atoms with Crippen LogP contribution < -0.4 is 0 Å². The van der Waals surface area contributed by atoms with Gasteiger partial charge in [-0.25, -0.2) is 0 Å². The summed E-state index contributed by atoms with van der Waals surface area (Å²) in [5, 5.41) is 20.7. The molecule has 0 saturated carbocycles. The monoisotopic (exact) mass is 380 g/mol. The van der Waals surface area contributed by atoms with Gasteiger partial charge in [-0.3, -0.25) is 9.59 Å². The molecule has 28 heavy (non-hydrogen) atoms. The molecule has 5 rings (SSSR count). The Bertz CT molecular complexity index is 1240. The SMILES string of the molecule is [2H]C([2H])([2H])N1CC(=O)N2[C@H](c3ccc(O)c(O)c3)c3[nH]c4ccccc4c3C[C@H]2C1=O. The molecule has 0 radical (unpaired) electrons. The molecule has 0 unspecified atom stereocenters. The van der Waals surface area contributed by atoms with Crippen LogP contribution in [-0.2, 0) is 16.0 Å². The number of carbonyl (C=O) groups is 2. The molecule has 2 atom stereocenters. The molecule has 3 heterocycles. The highest BCUT2D eigenvalue weighted by Crippen LogP contribution is 2.43. The average molecular weight is 380 g/mol. The van der Waals surface area contributed by atoms with Crippen molar-refractivity contribution in [3.05, 3.63) is 59.3 Å². The maximum atomic E-state index is 13.2. The predicted molar refractivity (Wildman–Crippen MR) is 102 cm³/mol. The number of hydrogen-bond donors (Lipinski definition) is 3. The molecule has 0 bridgehead atoms. The van der Waals surface area contributed by atoms with Crippen LogP contribution >= 0.6 is 0 Å². The number of phenolic OH excluding ortho intramolecular Hbond substituents is 2. The number of aromatic hydroxyl groups is 2. The zero-order valence-corrected chi connectivity index (χ0v) is 14.7. The molecular weight excluding hydrogens is 358 g/mol. The van der Waals surface area contributed by atoms with E-state index >= 15 is 0 Å². The number of rotatable bonds is 1. The van der Waals surface area contributed by atoms with Crippen molar-refractivity contribution in [2.24, 2.45) is 0 Å². The molecule has 3 aromatic rings. The Morgan fingerprint density at radius 1 is 1.14 bits per heavy atom. The van der Waals surface area contributed by atoms with E-state index < -0.39 is 37.4 Å². The van der Waals surface area contributed by atoms with E-state index in [0.717, 1.165) is 16.5 Å². The van der Waals surface area contributed by atoms with Crippen LogP contribution in [0.15, 0.2) is 42.5 Å². The second-order valence-corrected chi connectivity index (χ2v) is 7.16. The third-order valence-corrected chi connectivity index (χ3v) is 5.58. The molecule has 2 amide bonds. The van der Waals surface area contributed by atoms with E-state index in [9.17, 15) is 19.8 Å².